The third kappa shape index (κ3) is 2.84. The average molecular weight is 407 g/mol. The van der Waals surface area contributed by atoms with Crippen LogP contribution in [-0.2, 0) is 7.05 Å². The third-order valence-corrected chi connectivity index (χ3v) is 6.18. The maximum Gasteiger partial charge on any atom is 0.231 e. The Balaban J connectivity index is 1.66. The summed E-state index contributed by atoms with van der Waals surface area (Å²) in [5.41, 5.74) is 5.58. The van der Waals surface area contributed by atoms with E-state index < -0.39 is 0 Å². The van der Waals surface area contributed by atoms with Gasteiger partial charge in [0, 0.05) is 36.4 Å². The number of nitrogens with zero attached hydrogens (tertiary/aromatic N) is 3. The lowest BCUT2D eigenvalue weighted by Gasteiger charge is -2.28. The van der Waals surface area contributed by atoms with Crippen molar-refractivity contribution in [3.63, 3.8) is 0 Å². The molecule has 0 radical (unpaired) electrons. The molecule has 2 aliphatic rings. The number of ether oxygens (including phenoxy) is 2. The summed E-state index contributed by atoms with van der Waals surface area (Å²) in [7, 11) is 2.09. The molecule has 1 saturated heterocycles. The van der Waals surface area contributed by atoms with Gasteiger partial charge in [0.2, 0.25) is 6.79 Å². The standard InChI is InChI=1S/C22H22N4O2S/c1-13-10-16(14(2)25(13)3)21-20(17-6-4-5-9-23-17)24-22(29)26(21)15-7-8-18-19(11-15)28-12-27-18/h4-11,20-21H,12H2,1-3H3,(H,24,29)/t20-,21+/m1/s1. The minimum atomic E-state index is -0.0605. The molecule has 3 aromatic rings. The smallest absolute Gasteiger partial charge is 0.231 e. The molecule has 1 fully saturated rings. The lowest BCUT2D eigenvalue weighted by Crippen LogP contribution is -2.29. The van der Waals surface area contributed by atoms with Crippen LogP contribution in [0.3, 0.4) is 0 Å². The Morgan fingerprint density at radius 3 is 2.66 bits per heavy atom. The molecule has 7 heteroatoms. The summed E-state index contributed by atoms with van der Waals surface area (Å²) in [6.45, 7) is 4.52. The van der Waals surface area contributed by atoms with E-state index in [2.05, 4.69) is 46.7 Å². The second kappa shape index (κ2) is 6.77. The van der Waals surface area contributed by atoms with Crippen LogP contribution < -0.4 is 19.7 Å². The van der Waals surface area contributed by atoms with Gasteiger partial charge in [-0.3, -0.25) is 4.98 Å². The minimum Gasteiger partial charge on any atom is -0.454 e. The number of benzene rings is 1. The molecule has 1 aromatic carbocycles. The van der Waals surface area contributed by atoms with Crippen LogP contribution in [0.15, 0.2) is 48.7 Å². The molecule has 0 aliphatic carbocycles. The van der Waals surface area contributed by atoms with Crippen molar-refractivity contribution in [1.29, 1.82) is 0 Å². The van der Waals surface area contributed by atoms with E-state index in [1.165, 1.54) is 17.0 Å². The van der Waals surface area contributed by atoms with Crippen LogP contribution in [0, 0.1) is 13.8 Å². The van der Waals surface area contributed by atoms with Crippen molar-refractivity contribution in [3.05, 3.63) is 71.3 Å². The van der Waals surface area contributed by atoms with Crippen LogP contribution in [0.2, 0.25) is 0 Å². The number of thiocarbonyl (C=S) groups is 1. The molecule has 0 bridgehead atoms. The molecule has 0 spiro atoms. The molecule has 148 valence electrons. The Kier molecular flexibility index (Phi) is 4.20. The van der Waals surface area contributed by atoms with Crippen LogP contribution in [-0.4, -0.2) is 21.5 Å². The minimum absolute atomic E-state index is 0.0299. The van der Waals surface area contributed by atoms with E-state index in [-0.39, 0.29) is 18.9 Å². The zero-order chi connectivity index (χ0) is 20.1. The van der Waals surface area contributed by atoms with Gasteiger partial charge in [-0.25, -0.2) is 0 Å². The molecule has 2 atom stereocenters. The highest BCUT2D eigenvalue weighted by Crippen LogP contribution is 2.45. The van der Waals surface area contributed by atoms with Gasteiger partial charge >= 0.3 is 0 Å². The second-order valence-corrected chi connectivity index (χ2v) is 7.81. The zero-order valence-corrected chi connectivity index (χ0v) is 17.4. The van der Waals surface area contributed by atoms with Gasteiger partial charge in [0.15, 0.2) is 16.6 Å². The molecule has 1 N–H and O–H groups in total. The van der Waals surface area contributed by atoms with E-state index in [0.29, 0.717) is 5.11 Å². The van der Waals surface area contributed by atoms with E-state index in [9.17, 15) is 0 Å². The first-order valence-electron chi connectivity index (χ1n) is 9.57. The zero-order valence-electron chi connectivity index (χ0n) is 16.5. The number of anilines is 1. The van der Waals surface area contributed by atoms with E-state index in [1.807, 2.05) is 42.6 Å². The number of fused-ring (bicyclic) bond motifs is 1. The number of hydrogen-bond donors (Lipinski definition) is 1. The Morgan fingerprint density at radius 2 is 1.93 bits per heavy atom. The van der Waals surface area contributed by atoms with Crippen LogP contribution in [0.5, 0.6) is 11.5 Å². The van der Waals surface area contributed by atoms with E-state index >= 15 is 0 Å². The Labute approximate surface area is 175 Å². The fourth-order valence-electron chi connectivity index (χ4n) is 4.17. The lowest BCUT2D eigenvalue weighted by atomic mass is 9.96. The maximum absolute atomic E-state index is 5.80. The first-order valence-corrected chi connectivity index (χ1v) is 9.98. The second-order valence-electron chi connectivity index (χ2n) is 7.42. The van der Waals surface area contributed by atoms with E-state index in [4.69, 9.17) is 21.7 Å². The van der Waals surface area contributed by atoms with Gasteiger partial charge in [-0.1, -0.05) is 6.07 Å². The SMILES string of the molecule is Cc1cc([C@H]2[C@@H](c3ccccn3)NC(=S)N2c2ccc3c(c2)OCO3)c(C)n1C. The maximum atomic E-state index is 5.80. The average Bonchev–Trinajstić information content (AvgIpc) is 3.40. The number of aryl methyl sites for hydroxylation is 1. The molecule has 0 saturated carbocycles. The molecule has 6 nitrogen and oxygen atoms in total. The fourth-order valence-corrected chi connectivity index (χ4v) is 4.51. The monoisotopic (exact) mass is 406 g/mol. The molecule has 2 aliphatic heterocycles. The Hall–Kier alpha value is -3.06. The van der Waals surface area contributed by atoms with Gasteiger partial charge in [-0.15, -0.1) is 0 Å². The highest BCUT2D eigenvalue weighted by molar-refractivity contribution is 7.80. The summed E-state index contributed by atoms with van der Waals surface area (Å²) in [5.74, 6) is 1.50. The highest BCUT2D eigenvalue weighted by Gasteiger charge is 2.42. The highest BCUT2D eigenvalue weighted by atomic mass is 32.1. The van der Waals surface area contributed by atoms with Crippen LogP contribution in [0.1, 0.15) is 34.7 Å². The molecule has 29 heavy (non-hydrogen) atoms. The van der Waals surface area contributed by atoms with Crippen molar-refractivity contribution < 1.29 is 9.47 Å². The van der Waals surface area contributed by atoms with Crippen molar-refractivity contribution in [3.8, 4) is 11.5 Å². The van der Waals surface area contributed by atoms with Gasteiger partial charge in [0.05, 0.1) is 17.8 Å². The van der Waals surface area contributed by atoms with Gasteiger partial charge in [-0.05, 0) is 62.0 Å². The molecular weight excluding hydrogens is 384 g/mol. The Morgan fingerprint density at radius 1 is 1.10 bits per heavy atom. The van der Waals surface area contributed by atoms with Gasteiger partial charge in [0.25, 0.3) is 0 Å². The van der Waals surface area contributed by atoms with Crippen LogP contribution in [0.4, 0.5) is 5.69 Å². The van der Waals surface area contributed by atoms with Crippen molar-refractivity contribution in [2.24, 2.45) is 7.05 Å². The van der Waals surface area contributed by atoms with Gasteiger partial charge < -0.3 is 24.3 Å². The molecular formula is C22H22N4O2S. The summed E-state index contributed by atoms with van der Waals surface area (Å²) in [5, 5.41) is 4.18. The molecule has 5 rings (SSSR count). The van der Waals surface area contributed by atoms with Crippen LogP contribution >= 0.6 is 12.2 Å². The number of hydrogen-bond acceptors (Lipinski definition) is 4. The predicted molar refractivity (Wildman–Crippen MR) is 115 cm³/mol. The summed E-state index contributed by atoms with van der Waals surface area (Å²) in [4.78, 5) is 6.78. The van der Waals surface area contributed by atoms with Gasteiger partial charge in [-0.2, -0.15) is 0 Å². The Bertz CT molecular complexity index is 1100. The largest absolute Gasteiger partial charge is 0.454 e. The van der Waals surface area contributed by atoms with Crippen molar-refractivity contribution in [2.45, 2.75) is 25.9 Å². The third-order valence-electron chi connectivity index (χ3n) is 5.87. The molecule has 4 heterocycles. The summed E-state index contributed by atoms with van der Waals surface area (Å²) in [6, 6.07) is 14.1. The first kappa shape index (κ1) is 18.0. The normalized spacial score (nSPS) is 20.2. The molecule has 2 aromatic heterocycles. The van der Waals surface area contributed by atoms with E-state index in [0.717, 1.165) is 22.9 Å². The topological polar surface area (TPSA) is 51.6 Å². The number of aromatic nitrogens is 2. The first-order chi connectivity index (χ1) is 14.0. The van der Waals surface area contributed by atoms with Crippen molar-refractivity contribution >= 4 is 23.0 Å². The van der Waals surface area contributed by atoms with Crippen molar-refractivity contribution in [2.75, 3.05) is 11.7 Å². The lowest BCUT2D eigenvalue weighted by molar-refractivity contribution is 0.174. The number of nitrogens with one attached hydrogen (secondary N) is 1. The van der Waals surface area contributed by atoms with Crippen molar-refractivity contribution in [1.82, 2.24) is 14.9 Å². The van der Waals surface area contributed by atoms with E-state index in [1.54, 1.807) is 0 Å². The summed E-state index contributed by atoms with van der Waals surface area (Å²) in [6.07, 6.45) is 1.82. The number of pyridine rings is 1. The molecule has 0 amide bonds. The quantitative estimate of drug-likeness (QED) is 0.665. The van der Waals surface area contributed by atoms with Crippen LogP contribution in [0.25, 0.3) is 0 Å². The summed E-state index contributed by atoms with van der Waals surface area (Å²) < 4.78 is 13.3. The predicted octanol–water partition coefficient (Wildman–Crippen LogP) is 3.94. The summed E-state index contributed by atoms with van der Waals surface area (Å²) >= 11 is 5.80. The van der Waals surface area contributed by atoms with Gasteiger partial charge in [0.1, 0.15) is 0 Å². The molecule has 0 unspecified atom stereocenters. The fraction of sp³-hybridized carbons (Fsp3) is 0.273. The number of rotatable bonds is 3.